The normalized spacial score (nSPS) is 10.5. The van der Waals surface area contributed by atoms with Crippen LogP contribution in [0.25, 0.3) is 6.08 Å². The molecule has 0 aliphatic heterocycles. The summed E-state index contributed by atoms with van der Waals surface area (Å²) in [5.74, 6) is 0.873. The van der Waals surface area contributed by atoms with E-state index < -0.39 is 0 Å². The molecule has 0 saturated heterocycles. The van der Waals surface area contributed by atoms with Gasteiger partial charge in [0.1, 0.15) is 5.75 Å². The summed E-state index contributed by atoms with van der Waals surface area (Å²) in [5, 5.41) is 0. The Morgan fingerprint density at radius 3 is 2.80 bits per heavy atom. The molecule has 2 nitrogen and oxygen atoms in total. The molecular formula is C13H16O2. The Kier molecular flexibility index (Phi) is 5.26. The minimum absolute atomic E-state index is 0.580. The van der Waals surface area contributed by atoms with Crippen LogP contribution < -0.4 is 4.74 Å². The van der Waals surface area contributed by atoms with Crippen molar-refractivity contribution in [3.8, 4) is 5.75 Å². The van der Waals surface area contributed by atoms with Crippen LogP contribution in [0.15, 0.2) is 43.0 Å². The molecule has 0 heterocycles. The number of benzene rings is 1. The van der Waals surface area contributed by atoms with Crippen molar-refractivity contribution in [2.45, 2.75) is 0 Å². The highest BCUT2D eigenvalue weighted by Gasteiger charge is 1.95. The summed E-state index contributed by atoms with van der Waals surface area (Å²) in [5.41, 5.74) is 1.06. The van der Waals surface area contributed by atoms with E-state index in [2.05, 4.69) is 6.58 Å². The molecule has 1 rings (SSSR count). The highest BCUT2D eigenvalue weighted by molar-refractivity contribution is 5.57. The second-order valence-electron chi connectivity index (χ2n) is 2.97. The Labute approximate surface area is 90.8 Å². The molecule has 0 N–H and O–H groups in total. The minimum Gasteiger partial charge on any atom is -0.496 e. The topological polar surface area (TPSA) is 18.5 Å². The van der Waals surface area contributed by atoms with Gasteiger partial charge in [0.25, 0.3) is 0 Å². The van der Waals surface area contributed by atoms with Crippen molar-refractivity contribution in [2.75, 3.05) is 20.3 Å². The zero-order valence-electron chi connectivity index (χ0n) is 8.98. The maximum atomic E-state index is 5.23. The van der Waals surface area contributed by atoms with Crippen LogP contribution in [-0.4, -0.2) is 20.3 Å². The Balaban J connectivity index is 2.51. The van der Waals surface area contributed by atoms with Crippen molar-refractivity contribution in [3.05, 3.63) is 48.6 Å². The van der Waals surface area contributed by atoms with Gasteiger partial charge in [0.15, 0.2) is 0 Å². The highest BCUT2D eigenvalue weighted by atomic mass is 16.5. The lowest BCUT2D eigenvalue weighted by molar-refractivity contribution is 0.194. The predicted molar refractivity (Wildman–Crippen MR) is 63.0 cm³/mol. The standard InChI is InChI=1S/C13H16O2/c1-3-10-15-11-6-8-12-7-4-5-9-13(12)14-2/h3-9H,1,10-11H2,2H3/b8-6+. The van der Waals surface area contributed by atoms with Gasteiger partial charge in [0, 0.05) is 5.56 Å². The molecule has 0 spiro atoms. The summed E-state index contributed by atoms with van der Waals surface area (Å²) in [6, 6.07) is 7.87. The first-order valence-corrected chi connectivity index (χ1v) is 4.86. The number of para-hydroxylation sites is 1. The fraction of sp³-hybridized carbons (Fsp3) is 0.231. The SMILES string of the molecule is C=CCOC/C=C/c1ccccc1OC. The van der Waals surface area contributed by atoms with Crippen LogP contribution in [-0.2, 0) is 4.74 Å². The second-order valence-corrected chi connectivity index (χ2v) is 2.97. The zero-order valence-corrected chi connectivity index (χ0v) is 8.98. The first kappa shape index (κ1) is 11.5. The first-order valence-electron chi connectivity index (χ1n) is 4.86. The molecular weight excluding hydrogens is 188 g/mol. The van der Waals surface area contributed by atoms with Crippen molar-refractivity contribution in [2.24, 2.45) is 0 Å². The van der Waals surface area contributed by atoms with E-state index in [0.29, 0.717) is 13.2 Å². The summed E-state index contributed by atoms with van der Waals surface area (Å²) in [6.45, 7) is 4.74. The minimum atomic E-state index is 0.580. The van der Waals surface area contributed by atoms with Crippen LogP contribution >= 0.6 is 0 Å². The molecule has 1 aromatic rings. The molecule has 0 saturated carbocycles. The third kappa shape index (κ3) is 4.00. The highest BCUT2D eigenvalue weighted by Crippen LogP contribution is 2.18. The van der Waals surface area contributed by atoms with Crippen molar-refractivity contribution in [3.63, 3.8) is 0 Å². The predicted octanol–water partition coefficient (Wildman–Crippen LogP) is 2.91. The fourth-order valence-corrected chi connectivity index (χ4v) is 1.20. The van der Waals surface area contributed by atoms with E-state index in [-0.39, 0.29) is 0 Å². The lowest BCUT2D eigenvalue weighted by atomic mass is 10.2. The van der Waals surface area contributed by atoms with Gasteiger partial charge in [-0.3, -0.25) is 0 Å². The van der Waals surface area contributed by atoms with E-state index in [9.17, 15) is 0 Å². The molecule has 0 amide bonds. The monoisotopic (exact) mass is 204 g/mol. The maximum Gasteiger partial charge on any atom is 0.126 e. The summed E-state index contributed by atoms with van der Waals surface area (Å²) in [7, 11) is 1.67. The molecule has 15 heavy (non-hydrogen) atoms. The molecule has 1 aromatic carbocycles. The molecule has 0 atom stereocenters. The molecule has 0 radical (unpaired) electrons. The molecule has 0 aliphatic rings. The quantitative estimate of drug-likeness (QED) is 0.524. The number of ether oxygens (including phenoxy) is 2. The molecule has 0 bridgehead atoms. The van der Waals surface area contributed by atoms with Crippen LogP contribution in [0.4, 0.5) is 0 Å². The molecule has 80 valence electrons. The van der Waals surface area contributed by atoms with E-state index >= 15 is 0 Å². The zero-order chi connectivity index (χ0) is 10.9. The summed E-state index contributed by atoms with van der Waals surface area (Å²) in [6.07, 6.45) is 5.68. The lowest BCUT2D eigenvalue weighted by Crippen LogP contribution is -1.90. The van der Waals surface area contributed by atoms with E-state index in [0.717, 1.165) is 11.3 Å². The van der Waals surface area contributed by atoms with E-state index in [1.165, 1.54) is 0 Å². The summed E-state index contributed by atoms with van der Waals surface area (Å²) in [4.78, 5) is 0. The lowest BCUT2D eigenvalue weighted by Gasteiger charge is -2.03. The van der Waals surface area contributed by atoms with Gasteiger partial charge in [-0.2, -0.15) is 0 Å². The maximum absolute atomic E-state index is 5.23. The van der Waals surface area contributed by atoms with Crippen LogP contribution in [0.5, 0.6) is 5.75 Å². The molecule has 0 fully saturated rings. The van der Waals surface area contributed by atoms with Gasteiger partial charge in [-0.25, -0.2) is 0 Å². The average Bonchev–Trinajstić information content (AvgIpc) is 2.29. The second kappa shape index (κ2) is 6.85. The number of rotatable bonds is 6. The molecule has 0 unspecified atom stereocenters. The fourth-order valence-electron chi connectivity index (χ4n) is 1.20. The van der Waals surface area contributed by atoms with E-state index in [1.807, 2.05) is 36.4 Å². The van der Waals surface area contributed by atoms with E-state index in [4.69, 9.17) is 9.47 Å². The van der Waals surface area contributed by atoms with Gasteiger partial charge < -0.3 is 9.47 Å². The largest absolute Gasteiger partial charge is 0.496 e. The summed E-state index contributed by atoms with van der Waals surface area (Å²) >= 11 is 0. The first-order chi connectivity index (χ1) is 7.38. The van der Waals surface area contributed by atoms with Crippen molar-refractivity contribution in [1.29, 1.82) is 0 Å². The Bertz CT molecular complexity index is 329. The van der Waals surface area contributed by atoms with Gasteiger partial charge >= 0.3 is 0 Å². The Morgan fingerprint density at radius 2 is 2.07 bits per heavy atom. The number of methoxy groups -OCH3 is 1. The number of hydrogen-bond donors (Lipinski definition) is 0. The van der Waals surface area contributed by atoms with Crippen LogP contribution in [0.2, 0.25) is 0 Å². The molecule has 0 aliphatic carbocycles. The Hall–Kier alpha value is -1.54. The smallest absolute Gasteiger partial charge is 0.126 e. The molecule has 2 heteroatoms. The third-order valence-electron chi connectivity index (χ3n) is 1.89. The van der Waals surface area contributed by atoms with Crippen LogP contribution in [0.3, 0.4) is 0 Å². The van der Waals surface area contributed by atoms with Crippen molar-refractivity contribution < 1.29 is 9.47 Å². The van der Waals surface area contributed by atoms with Crippen LogP contribution in [0.1, 0.15) is 5.56 Å². The Morgan fingerprint density at radius 1 is 1.27 bits per heavy atom. The van der Waals surface area contributed by atoms with Gasteiger partial charge in [0.05, 0.1) is 20.3 Å². The van der Waals surface area contributed by atoms with E-state index in [1.54, 1.807) is 13.2 Å². The average molecular weight is 204 g/mol. The van der Waals surface area contributed by atoms with Crippen molar-refractivity contribution >= 4 is 6.08 Å². The van der Waals surface area contributed by atoms with Gasteiger partial charge in [-0.1, -0.05) is 36.4 Å². The van der Waals surface area contributed by atoms with Gasteiger partial charge in [0.2, 0.25) is 0 Å². The van der Waals surface area contributed by atoms with Gasteiger partial charge in [-0.15, -0.1) is 6.58 Å². The summed E-state index contributed by atoms with van der Waals surface area (Å²) < 4.78 is 10.4. The molecule has 0 aromatic heterocycles. The van der Waals surface area contributed by atoms with Gasteiger partial charge in [-0.05, 0) is 6.07 Å². The number of hydrogen-bond acceptors (Lipinski definition) is 2. The third-order valence-corrected chi connectivity index (χ3v) is 1.89. The van der Waals surface area contributed by atoms with Crippen molar-refractivity contribution in [1.82, 2.24) is 0 Å². The van der Waals surface area contributed by atoms with Crippen LogP contribution in [0, 0.1) is 0 Å².